The second-order valence-corrected chi connectivity index (χ2v) is 2.99. The summed E-state index contributed by atoms with van der Waals surface area (Å²) in [5.74, 6) is -0.199. The molecule has 0 saturated heterocycles. The molecule has 0 spiro atoms. The number of carbonyl (C=O) groups excluding carboxylic acids is 1. The Morgan fingerprint density at radius 1 is 1.36 bits per heavy atom. The number of carbonyl (C=O) groups is 1. The van der Waals surface area contributed by atoms with Crippen LogP contribution in [0.15, 0.2) is 30.3 Å². The van der Waals surface area contributed by atoms with E-state index in [1.54, 1.807) is 24.3 Å². The lowest BCUT2D eigenvalue weighted by Gasteiger charge is -1.94. The van der Waals surface area contributed by atoms with Gasteiger partial charge in [-0.15, -0.1) is 0 Å². The number of ketones is 1. The first-order valence-corrected chi connectivity index (χ1v) is 4.60. The van der Waals surface area contributed by atoms with Crippen LogP contribution in [-0.2, 0) is 0 Å². The third kappa shape index (κ3) is 2.38. The summed E-state index contributed by atoms with van der Waals surface area (Å²) < 4.78 is 0. The smallest absolute Gasteiger partial charge is 0.339 e. The Morgan fingerprint density at radius 2 is 2.00 bits per heavy atom. The fraction of sp³-hybridized carbons (Fsp3) is 0.273. The fourth-order valence-corrected chi connectivity index (χ4v) is 1.20. The second-order valence-electron chi connectivity index (χ2n) is 2.99. The van der Waals surface area contributed by atoms with Gasteiger partial charge in [0, 0.05) is 5.56 Å². The molecule has 0 fully saturated rings. The standard InChI is InChI=1S/C11H12N2O/c1-2-6-10(13-12)11(14)9-7-4-3-5-8-9/h3-5,7-8H,2,6H2,1H3. The summed E-state index contributed by atoms with van der Waals surface area (Å²) in [4.78, 5) is 14.7. The third-order valence-corrected chi connectivity index (χ3v) is 1.91. The lowest BCUT2D eigenvalue weighted by Crippen LogP contribution is -2.14. The van der Waals surface area contributed by atoms with Crippen LogP contribution in [0.1, 0.15) is 30.1 Å². The molecule has 0 radical (unpaired) electrons. The van der Waals surface area contributed by atoms with Gasteiger partial charge in [-0.1, -0.05) is 37.3 Å². The third-order valence-electron chi connectivity index (χ3n) is 1.91. The minimum atomic E-state index is -0.199. The first-order valence-electron chi connectivity index (χ1n) is 4.60. The van der Waals surface area contributed by atoms with E-state index < -0.39 is 0 Å². The van der Waals surface area contributed by atoms with Crippen LogP contribution < -0.4 is 0 Å². The number of hydrogen-bond acceptors (Lipinski definition) is 1. The molecule has 0 aromatic heterocycles. The van der Waals surface area contributed by atoms with E-state index in [2.05, 4.69) is 4.79 Å². The van der Waals surface area contributed by atoms with Crippen molar-refractivity contribution in [1.29, 1.82) is 0 Å². The van der Waals surface area contributed by atoms with Crippen LogP contribution in [-0.4, -0.2) is 16.3 Å². The van der Waals surface area contributed by atoms with Crippen molar-refractivity contribution in [2.75, 3.05) is 0 Å². The Hall–Kier alpha value is -1.73. The van der Waals surface area contributed by atoms with E-state index in [9.17, 15) is 4.79 Å². The van der Waals surface area contributed by atoms with Crippen molar-refractivity contribution in [1.82, 2.24) is 0 Å². The van der Waals surface area contributed by atoms with Gasteiger partial charge in [0.2, 0.25) is 0 Å². The van der Waals surface area contributed by atoms with Crippen molar-refractivity contribution >= 4 is 11.5 Å². The average Bonchev–Trinajstić information content (AvgIpc) is 2.26. The molecule has 0 N–H and O–H groups in total. The van der Waals surface area contributed by atoms with Crippen molar-refractivity contribution in [2.45, 2.75) is 19.8 Å². The van der Waals surface area contributed by atoms with Gasteiger partial charge in [0.25, 0.3) is 5.78 Å². The molecule has 1 aromatic rings. The van der Waals surface area contributed by atoms with Gasteiger partial charge < -0.3 is 5.53 Å². The van der Waals surface area contributed by atoms with Crippen molar-refractivity contribution in [3.63, 3.8) is 0 Å². The molecule has 0 heterocycles. The quantitative estimate of drug-likeness (QED) is 0.309. The zero-order valence-corrected chi connectivity index (χ0v) is 8.10. The highest BCUT2D eigenvalue weighted by molar-refractivity contribution is 6.43. The van der Waals surface area contributed by atoms with Crippen molar-refractivity contribution < 1.29 is 9.58 Å². The number of hydrogen-bond donors (Lipinski definition) is 0. The van der Waals surface area contributed by atoms with E-state index in [0.717, 1.165) is 6.42 Å². The molecule has 72 valence electrons. The monoisotopic (exact) mass is 188 g/mol. The summed E-state index contributed by atoms with van der Waals surface area (Å²) in [6.07, 6.45) is 1.29. The normalized spacial score (nSPS) is 9.21. The first-order chi connectivity index (χ1) is 6.79. The molecule has 0 atom stereocenters. The summed E-state index contributed by atoms with van der Waals surface area (Å²) in [5.41, 5.74) is 9.44. The van der Waals surface area contributed by atoms with E-state index in [1.165, 1.54) is 0 Å². The van der Waals surface area contributed by atoms with Gasteiger partial charge in [0.05, 0.1) is 6.42 Å². The summed E-state index contributed by atoms with van der Waals surface area (Å²) in [5, 5.41) is 0. The Labute approximate surface area is 83.0 Å². The van der Waals surface area contributed by atoms with Crippen LogP contribution >= 0.6 is 0 Å². The van der Waals surface area contributed by atoms with Gasteiger partial charge in [-0.3, -0.25) is 4.79 Å². The van der Waals surface area contributed by atoms with Gasteiger partial charge in [0.1, 0.15) is 0 Å². The molecule has 0 unspecified atom stereocenters. The fourth-order valence-electron chi connectivity index (χ4n) is 1.20. The molecule has 0 saturated carbocycles. The topological polar surface area (TPSA) is 53.5 Å². The lowest BCUT2D eigenvalue weighted by molar-refractivity contribution is -0.00913. The molecule has 14 heavy (non-hydrogen) atoms. The van der Waals surface area contributed by atoms with Crippen LogP contribution in [0.25, 0.3) is 5.53 Å². The SMILES string of the molecule is CCCC(=[N+]=[N-])C(=O)c1ccccc1. The molecule has 0 aliphatic carbocycles. The molecular formula is C11H12N2O. The maximum atomic E-state index is 11.7. The zero-order valence-electron chi connectivity index (χ0n) is 8.10. The lowest BCUT2D eigenvalue weighted by atomic mass is 10.0. The minimum absolute atomic E-state index is 0.199. The summed E-state index contributed by atoms with van der Waals surface area (Å²) in [7, 11) is 0. The van der Waals surface area contributed by atoms with E-state index in [-0.39, 0.29) is 11.5 Å². The Balaban J connectivity index is 2.90. The van der Waals surface area contributed by atoms with Gasteiger partial charge in [-0.25, -0.2) is 0 Å². The maximum absolute atomic E-state index is 11.7. The number of Topliss-reactive ketones (excluding diaryl/α,β-unsaturated/α-hetero) is 1. The highest BCUT2D eigenvalue weighted by Crippen LogP contribution is 2.03. The number of rotatable bonds is 4. The van der Waals surface area contributed by atoms with E-state index in [1.807, 2.05) is 13.0 Å². The van der Waals surface area contributed by atoms with Crippen molar-refractivity contribution in [3.8, 4) is 0 Å². The van der Waals surface area contributed by atoms with E-state index >= 15 is 0 Å². The van der Waals surface area contributed by atoms with Gasteiger partial charge >= 0.3 is 5.71 Å². The molecule has 1 rings (SSSR count). The van der Waals surface area contributed by atoms with Crippen LogP contribution in [0, 0.1) is 0 Å². The summed E-state index contributed by atoms with van der Waals surface area (Å²) in [6, 6.07) is 8.83. The summed E-state index contributed by atoms with van der Waals surface area (Å²) >= 11 is 0. The minimum Gasteiger partial charge on any atom is -0.361 e. The zero-order chi connectivity index (χ0) is 10.4. The van der Waals surface area contributed by atoms with Crippen LogP contribution in [0.5, 0.6) is 0 Å². The molecule has 0 aliphatic rings. The Bertz CT molecular complexity index is 364. The Kier molecular flexibility index (Phi) is 3.77. The van der Waals surface area contributed by atoms with Gasteiger partial charge in [-0.05, 0) is 6.42 Å². The maximum Gasteiger partial charge on any atom is 0.339 e. The van der Waals surface area contributed by atoms with Crippen molar-refractivity contribution in [3.05, 3.63) is 41.4 Å². The number of benzene rings is 1. The predicted molar refractivity (Wildman–Crippen MR) is 54.3 cm³/mol. The molecule has 3 nitrogen and oxygen atoms in total. The highest BCUT2D eigenvalue weighted by Gasteiger charge is 2.19. The average molecular weight is 188 g/mol. The van der Waals surface area contributed by atoms with Crippen LogP contribution in [0.4, 0.5) is 0 Å². The second kappa shape index (κ2) is 5.10. The molecule has 0 bridgehead atoms. The molecule has 0 aliphatic heterocycles. The predicted octanol–water partition coefficient (Wildman–Crippen LogP) is 2.34. The van der Waals surface area contributed by atoms with Gasteiger partial charge in [-0.2, -0.15) is 4.79 Å². The molecule has 3 heteroatoms. The summed E-state index contributed by atoms with van der Waals surface area (Å²) in [6.45, 7) is 1.93. The highest BCUT2D eigenvalue weighted by atomic mass is 16.1. The van der Waals surface area contributed by atoms with Gasteiger partial charge in [0.15, 0.2) is 0 Å². The largest absolute Gasteiger partial charge is 0.361 e. The van der Waals surface area contributed by atoms with Crippen molar-refractivity contribution in [2.24, 2.45) is 0 Å². The number of nitrogens with zero attached hydrogens (tertiary/aromatic N) is 2. The molecule has 0 amide bonds. The van der Waals surface area contributed by atoms with E-state index in [4.69, 9.17) is 5.53 Å². The Morgan fingerprint density at radius 3 is 2.50 bits per heavy atom. The molecule has 1 aromatic carbocycles. The molecular weight excluding hydrogens is 176 g/mol. The first kappa shape index (κ1) is 10.4. The van der Waals surface area contributed by atoms with Crippen LogP contribution in [0.2, 0.25) is 0 Å². The van der Waals surface area contributed by atoms with E-state index in [0.29, 0.717) is 12.0 Å². The van der Waals surface area contributed by atoms with Crippen LogP contribution in [0.3, 0.4) is 0 Å².